The lowest BCUT2D eigenvalue weighted by Crippen LogP contribution is -2.49. The second kappa shape index (κ2) is 9.55. The van der Waals surface area contributed by atoms with Gasteiger partial charge in [0.15, 0.2) is 0 Å². The third-order valence-electron chi connectivity index (χ3n) is 5.20. The molecule has 0 bridgehead atoms. The zero-order valence-corrected chi connectivity index (χ0v) is 17.1. The number of anilines is 1. The van der Waals surface area contributed by atoms with E-state index in [1.54, 1.807) is 13.3 Å². The number of amides is 1. The third-order valence-corrected chi connectivity index (χ3v) is 5.20. The number of benzene rings is 1. The number of carbonyl (C=O) groups excluding carboxylic acids is 1. The second-order valence-corrected chi connectivity index (χ2v) is 7.35. The average Bonchev–Trinajstić information content (AvgIpc) is 2.74. The lowest BCUT2D eigenvalue weighted by molar-refractivity contribution is 0.0636. The number of pyridine rings is 1. The van der Waals surface area contributed by atoms with Crippen molar-refractivity contribution >= 4 is 11.7 Å². The number of hydrogen-bond donors (Lipinski definition) is 0. The van der Waals surface area contributed by atoms with Gasteiger partial charge in [0, 0.05) is 46.5 Å². The van der Waals surface area contributed by atoms with E-state index in [2.05, 4.69) is 22.0 Å². The summed E-state index contributed by atoms with van der Waals surface area (Å²) in [4.78, 5) is 23.6. The van der Waals surface area contributed by atoms with Crippen LogP contribution in [0.4, 0.5) is 5.82 Å². The van der Waals surface area contributed by atoms with Crippen LogP contribution in [-0.4, -0.2) is 74.6 Å². The first-order valence-corrected chi connectivity index (χ1v) is 9.85. The molecule has 2 aromatic rings. The van der Waals surface area contributed by atoms with Crippen molar-refractivity contribution in [3.8, 4) is 5.75 Å². The Kier molecular flexibility index (Phi) is 6.87. The van der Waals surface area contributed by atoms with Gasteiger partial charge in [0.2, 0.25) is 0 Å². The number of aromatic nitrogens is 1. The minimum Gasteiger partial charge on any atom is -0.497 e. The van der Waals surface area contributed by atoms with Crippen LogP contribution in [-0.2, 0) is 6.42 Å². The van der Waals surface area contributed by atoms with E-state index >= 15 is 0 Å². The maximum atomic E-state index is 12.9. The maximum Gasteiger partial charge on any atom is 0.257 e. The van der Waals surface area contributed by atoms with Crippen molar-refractivity contribution in [1.82, 2.24) is 14.8 Å². The molecule has 2 heterocycles. The molecule has 1 fully saturated rings. The van der Waals surface area contributed by atoms with E-state index in [1.807, 2.05) is 48.2 Å². The number of piperazine rings is 1. The summed E-state index contributed by atoms with van der Waals surface area (Å²) < 4.78 is 5.20. The number of methoxy groups -OCH3 is 1. The van der Waals surface area contributed by atoms with Crippen molar-refractivity contribution in [1.29, 1.82) is 0 Å². The normalized spacial score (nSPS) is 14.8. The first-order chi connectivity index (χ1) is 13.6. The molecule has 1 aromatic carbocycles. The summed E-state index contributed by atoms with van der Waals surface area (Å²) in [5, 5.41) is 0. The highest BCUT2D eigenvalue weighted by Crippen LogP contribution is 2.18. The third kappa shape index (κ3) is 5.01. The summed E-state index contributed by atoms with van der Waals surface area (Å²) in [6, 6.07) is 12.0. The summed E-state index contributed by atoms with van der Waals surface area (Å²) in [5.74, 6) is 1.71. The Morgan fingerprint density at radius 3 is 2.46 bits per heavy atom. The van der Waals surface area contributed by atoms with E-state index in [-0.39, 0.29) is 5.91 Å². The first-order valence-electron chi connectivity index (χ1n) is 9.85. The number of aryl methyl sites for hydroxylation is 1. The summed E-state index contributed by atoms with van der Waals surface area (Å²) in [6.45, 7) is 4.44. The number of carbonyl (C=O) groups is 1. The molecule has 6 heteroatoms. The van der Waals surface area contributed by atoms with Gasteiger partial charge in [-0.05, 0) is 49.2 Å². The zero-order valence-electron chi connectivity index (χ0n) is 17.1. The highest BCUT2D eigenvalue weighted by atomic mass is 16.5. The second-order valence-electron chi connectivity index (χ2n) is 7.35. The smallest absolute Gasteiger partial charge is 0.257 e. The van der Waals surface area contributed by atoms with E-state index in [4.69, 9.17) is 4.74 Å². The van der Waals surface area contributed by atoms with Crippen LogP contribution in [0.25, 0.3) is 0 Å². The van der Waals surface area contributed by atoms with E-state index in [1.165, 1.54) is 5.56 Å². The van der Waals surface area contributed by atoms with Gasteiger partial charge in [-0.2, -0.15) is 0 Å². The molecule has 0 unspecified atom stereocenters. The van der Waals surface area contributed by atoms with Crippen molar-refractivity contribution < 1.29 is 9.53 Å². The largest absolute Gasteiger partial charge is 0.497 e. The van der Waals surface area contributed by atoms with Gasteiger partial charge in [0.1, 0.15) is 11.6 Å². The van der Waals surface area contributed by atoms with Crippen molar-refractivity contribution in [2.75, 3.05) is 58.8 Å². The van der Waals surface area contributed by atoms with Crippen molar-refractivity contribution in [2.24, 2.45) is 0 Å². The number of nitrogens with zero attached hydrogens (tertiary/aromatic N) is 4. The molecule has 0 radical (unpaired) electrons. The van der Waals surface area contributed by atoms with E-state index in [9.17, 15) is 4.79 Å². The zero-order chi connectivity index (χ0) is 19.9. The fourth-order valence-electron chi connectivity index (χ4n) is 3.56. The first kappa shape index (κ1) is 20.1. The van der Waals surface area contributed by atoms with Gasteiger partial charge in [-0.15, -0.1) is 0 Å². The molecule has 1 aromatic heterocycles. The summed E-state index contributed by atoms with van der Waals surface area (Å²) in [7, 11) is 5.52. The minimum atomic E-state index is 0.0784. The molecular formula is C22H30N4O2. The molecule has 1 amide bonds. The fraction of sp³-hybridized carbons (Fsp3) is 0.455. The molecule has 3 rings (SSSR count). The fourth-order valence-corrected chi connectivity index (χ4v) is 3.56. The molecule has 0 spiro atoms. The SMILES string of the molecule is COc1ccc(CCCN2CCN(C(=O)c3cccnc3N(C)C)CC2)cc1. The minimum absolute atomic E-state index is 0.0784. The van der Waals surface area contributed by atoms with Gasteiger partial charge in [-0.3, -0.25) is 9.69 Å². The molecule has 0 aliphatic carbocycles. The molecule has 150 valence electrons. The molecule has 6 nitrogen and oxygen atoms in total. The monoisotopic (exact) mass is 382 g/mol. The molecule has 28 heavy (non-hydrogen) atoms. The highest BCUT2D eigenvalue weighted by Gasteiger charge is 2.24. The molecule has 0 saturated carbocycles. The Labute approximate surface area is 167 Å². The lowest BCUT2D eigenvalue weighted by Gasteiger charge is -2.35. The van der Waals surface area contributed by atoms with E-state index in [0.717, 1.165) is 57.1 Å². The van der Waals surface area contributed by atoms with Crippen molar-refractivity contribution in [3.63, 3.8) is 0 Å². The predicted octanol–water partition coefficient (Wildman–Crippen LogP) is 2.55. The Morgan fingerprint density at radius 2 is 1.82 bits per heavy atom. The van der Waals surface area contributed by atoms with Gasteiger partial charge in [0.05, 0.1) is 12.7 Å². The van der Waals surface area contributed by atoms with Crippen LogP contribution in [0.2, 0.25) is 0 Å². The number of hydrogen-bond acceptors (Lipinski definition) is 5. The summed E-state index contributed by atoms with van der Waals surface area (Å²) in [5.41, 5.74) is 2.02. The Hall–Kier alpha value is -2.60. The van der Waals surface area contributed by atoms with E-state index < -0.39 is 0 Å². The highest BCUT2D eigenvalue weighted by molar-refractivity contribution is 5.98. The Bertz CT molecular complexity index is 768. The summed E-state index contributed by atoms with van der Waals surface area (Å²) >= 11 is 0. The van der Waals surface area contributed by atoms with Crippen LogP contribution in [0, 0.1) is 0 Å². The molecule has 1 saturated heterocycles. The maximum absolute atomic E-state index is 12.9. The molecule has 1 aliphatic rings. The van der Waals surface area contributed by atoms with Gasteiger partial charge < -0.3 is 14.5 Å². The standard InChI is InChI=1S/C22H30N4O2/c1-24(2)21-20(7-4-12-23-21)22(27)26-16-14-25(15-17-26)13-5-6-18-8-10-19(28-3)11-9-18/h4,7-12H,5-6,13-17H2,1-3H3. The quantitative estimate of drug-likeness (QED) is 0.737. The molecule has 1 aliphatic heterocycles. The van der Waals surface area contributed by atoms with Gasteiger partial charge in [-0.25, -0.2) is 4.98 Å². The lowest BCUT2D eigenvalue weighted by atomic mass is 10.1. The molecule has 0 atom stereocenters. The summed E-state index contributed by atoms with van der Waals surface area (Å²) in [6.07, 6.45) is 3.91. The topological polar surface area (TPSA) is 48.9 Å². The Balaban J connectivity index is 1.46. The van der Waals surface area contributed by atoms with Gasteiger partial charge in [0.25, 0.3) is 5.91 Å². The van der Waals surface area contributed by atoms with Crippen LogP contribution >= 0.6 is 0 Å². The van der Waals surface area contributed by atoms with Gasteiger partial charge in [-0.1, -0.05) is 12.1 Å². The van der Waals surface area contributed by atoms with Crippen LogP contribution in [0.15, 0.2) is 42.6 Å². The van der Waals surface area contributed by atoms with Crippen LogP contribution < -0.4 is 9.64 Å². The molecular weight excluding hydrogens is 352 g/mol. The van der Waals surface area contributed by atoms with E-state index in [0.29, 0.717) is 5.56 Å². The number of ether oxygens (including phenoxy) is 1. The van der Waals surface area contributed by atoms with Crippen LogP contribution in [0.1, 0.15) is 22.3 Å². The molecule has 0 N–H and O–H groups in total. The van der Waals surface area contributed by atoms with Crippen molar-refractivity contribution in [3.05, 3.63) is 53.7 Å². The average molecular weight is 383 g/mol. The van der Waals surface area contributed by atoms with Crippen LogP contribution in [0.5, 0.6) is 5.75 Å². The Morgan fingerprint density at radius 1 is 1.11 bits per heavy atom. The number of rotatable bonds is 7. The van der Waals surface area contributed by atoms with Crippen molar-refractivity contribution in [2.45, 2.75) is 12.8 Å². The van der Waals surface area contributed by atoms with Crippen LogP contribution in [0.3, 0.4) is 0 Å². The van der Waals surface area contributed by atoms with Gasteiger partial charge >= 0.3 is 0 Å². The predicted molar refractivity (Wildman–Crippen MR) is 112 cm³/mol.